The van der Waals surface area contributed by atoms with Crippen LogP contribution in [0.4, 0.5) is 0 Å². The van der Waals surface area contributed by atoms with Gasteiger partial charge in [0.15, 0.2) is 5.82 Å². The fourth-order valence-electron chi connectivity index (χ4n) is 1.19. The van der Waals surface area contributed by atoms with Gasteiger partial charge in [-0.3, -0.25) is 0 Å². The minimum absolute atomic E-state index is 0.647. The van der Waals surface area contributed by atoms with Gasteiger partial charge in [-0.25, -0.2) is 15.0 Å². The summed E-state index contributed by atoms with van der Waals surface area (Å²) < 4.78 is 6.01. The summed E-state index contributed by atoms with van der Waals surface area (Å²) in [6.07, 6.45) is 2.95. The lowest BCUT2D eigenvalue weighted by atomic mass is 10.2. The summed E-state index contributed by atoms with van der Waals surface area (Å²) in [5, 5.41) is 0. The first kappa shape index (κ1) is 10.0. The largest absolute Gasteiger partial charge is 0.496 e. The van der Waals surface area contributed by atoms with Gasteiger partial charge in [-0.2, -0.15) is 0 Å². The quantitative estimate of drug-likeness (QED) is 0.836. The molecule has 0 saturated heterocycles. The summed E-state index contributed by atoms with van der Waals surface area (Å²) >= 11 is 3.41. The normalized spacial score (nSPS) is 10.0. The van der Waals surface area contributed by atoms with Crippen LogP contribution >= 0.6 is 15.9 Å². The van der Waals surface area contributed by atoms with Crippen LogP contribution in [0.25, 0.3) is 11.4 Å². The smallest absolute Gasteiger partial charge is 0.162 e. The average molecular weight is 266 g/mol. The first-order valence-corrected chi connectivity index (χ1v) is 5.06. The molecule has 0 N–H and O–H groups in total. The zero-order valence-corrected chi connectivity index (χ0v) is 9.60. The molecule has 5 heteroatoms. The van der Waals surface area contributed by atoms with Crippen molar-refractivity contribution < 1.29 is 4.74 Å². The van der Waals surface area contributed by atoms with E-state index in [-0.39, 0.29) is 0 Å². The van der Waals surface area contributed by atoms with E-state index in [0.717, 1.165) is 15.8 Å². The number of hydrogen-bond acceptors (Lipinski definition) is 4. The second-order valence-electron chi connectivity index (χ2n) is 2.81. The molecule has 0 unspecified atom stereocenters. The Morgan fingerprint density at radius 3 is 2.53 bits per heavy atom. The van der Waals surface area contributed by atoms with Crippen LogP contribution in [0.2, 0.25) is 0 Å². The first-order valence-electron chi connectivity index (χ1n) is 4.27. The van der Waals surface area contributed by atoms with Crippen LogP contribution in [-0.2, 0) is 0 Å². The Morgan fingerprint density at radius 1 is 1.20 bits per heavy atom. The number of methoxy groups -OCH3 is 1. The molecule has 0 radical (unpaired) electrons. The Bertz CT molecular complexity index is 461. The molecular weight excluding hydrogens is 258 g/mol. The summed E-state index contributed by atoms with van der Waals surface area (Å²) in [5.74, 6) is 1.43. The maximum atomic E-state index is 5.14. The van der Waals surface area contributed by atoms with Crippen LogP contribution in [0, 0.1) is 0 Å². The SMILES string of the molecule is COc1ccc(-c2ncncn2)cc1Br. The van der Waals surface area contributed by atoms with Crippen molar-refractivity contribution in [3.8, 4) is 17.1 Å². The molecule has 2 rings (SSSR count). The number of rotatable bonds is 2. The Hall–Kier alpha value is -1.49. The molecule has 76 valence electrons. The summed E-state index contributed by atoms with van der Waals surface area (Å²) in [6, 6.07) is 5.68. The van der Waals surface area contributed by atoms with Crippen molar-refractivity contribution in [3.05, 3.63) is 35.3 Å². The number of aromatic nitrogens is 3. The summed E-state index contributed by atoms with van der Waals surface area (Å²) in [4.78, 5) is 11.9. The molecular formula is C10H8BrN3O. The third-order valence-electron chi connectivity index (χ3n) is 1.90. The van der Waals surface area contributed by atoms with E-state index >= 15 is 0 Å². The van der Waals surface area contributed by atoms with E-state index in [1.807, 2.05) is 18.2 Å². The highest BCUT2D eigenvalue weighted by Crippen LogP contribution is 2.28. The predicted octanol–water partition coefficient (Wildman–Crippen LogP) is 2.31. The first-order chi connectivity index (χ1) is 7.31. The minimum Gasteiger partial charge on any atom is -0.496 e. The molecule has 15 heavy (non-hydrogen) atoms. The van der Waals surface area contributed by atoms with E-state index in [2.05, 4.69) is 30.9 Å². The fraction of sp³-hybridized carbons (Fsp3) is 0.100. The van der Waals surface area contributed by atoms with E-state index in [4.69, 9.17) is 4.74 Å². The number of benzene rings is 1. The maximum absolute atomic E-state index is 5.14. The molecule has 0 bridgehead atoms. The van der Waals surface area contributed by atoms with Crippen molar-refractivity contribution in [2.75, 3.05) is 7.11 Å². The van der Waals surface area contributed by atoms with Gasteiger partial charge in [-0.15, -0.1) is 0 Å². The van der Waals surface area contributed by atoms with Crippen molar-refractivity contribution in [2.45, 2.75) is 0 Å². The highest BCUT2D eigenvalue weighted by molar-refractivity contribution is 9.10. The fourth-order valence-corrected chi connectivity index (χ4v) is 1.73. The molecule has 0 fully saturated rings. The zero-order chi connectivity index (χ0) is 10.7. The van der Waals surface area contributed by atoms with Crippen molar-refractivity contribution in [1.82, 2.24) is 15.0 Å². The van der Waals surface area contributed by atoms with Gasteiger partial charge in [0.1, 0.15) is 18.4 Å². The molecule has 1 aromatic carbocycles. The van der Waals surface area contributed by atoms with Gasteiger partial charge in [-0.05, 0) is 34.1 Å². The van der Waals surface area contributed by atoms with Crippen molar-refractivity contribution in [1.29, 1.82) is 0 Å². The van der Waals surface area contributed by atoms with E-state index in [1.165, 1.54) is 12.7 Å². The monoisotopic (exact) mass is 265 g/mol. The Kier molecular flexibility index (Phi) is 2.91. The molecule has 1 aromatic heterocycles. The lowest BCUT2D eigenvalue weighted by molar-refractivity contribution is 0.412. The molecule has 0 spiro atoms. The van der Waals surface area contributed by atoms with Crippen LogP contribution < -0.4 is 4.74 Å². The molecule has 4 nitrogen and oxygen atoms in total. The molecule has 0 aliphatic heterocycles. The predicted molar refractivity (Wildman–Crippen MR) is 59.5 cm³/mol. The van der Waals surface area contributed by atoms with E-state index in [1.54, 1.807) is 7.11 Å². The van der Waals surface area contributed by atoms with E-state index in [0.29, 0.717) is 5.82 Å². The van der Waals surface area contributed by atoms with Gasteiger partial charge in [0.05, 0.1) is 11.6 Å². The van der Waals surface area contributed by atoms with Gasteiger partial charge >= 0.3 is 0 Å². The molecule has 0 saturated carbocycles. The third-order valence-corrected chi connectivity index (χ3v) is 2.52. The molecule has 0 aliphatic rings. The summed E-state index contributed by atoms with van der Waals surface area (Å²) in [6.45, 7) is 0. The lowest BCUT2D eigenvalue weighted by Crippen LogP contribution is -1.90. The molecule has 1 heterocycles. The van der Waals surface area contributed by atoms with Crippen LogP contribution in [0.1, 0.15) is 0 Å². The topological polar surface area (TPSA) is 47.9 Å². The van der Waals surface area contributed by atoms with Crippen LogP contribution in [-0.4, -0.2) is 22.1 Å². The second-order valence-corrected chi connectivity index (χ2v) is 3.67. The highest BCUT2D eigenvalue weighted by Gasteiger charge is 2.04. The van der Waals surface area contributed by atoms with Crippen LogP contribution in [0.15, 0.2) is 35.3 Å². The number of halogens is 1. The van der Waals surface area contributed by atoms with Gasteiger partial charge < -0.3 is 4.74 Å². The number of nitrogens with zero attached hydrogens (tertiary/aromatic N) is 3. The van der Waals surface area contributed by atoms with Crippen molar-refractivity contribution in [2.24, 2.45) is 0 Å². The van der Waals surface area contributed by atoms with E-state index in [9.17, 15) is 0 Å². The average Bonchev–Trinajstić information content (AvgIpc) is 2.30. The third kappa shape index (κ3) is 2.12. The maximum Gasteiger partial charge on any atom is 0.162 e. The Morgan fingerprint density at radius 2 is 1.93 bits per heavy atom. The Balaban J connectivity index is 2.43. The van der Waals surface area contributed by atoms with Crippen molar-refractivity contribution >= 4 is 15.9 Å². The summed E-state index contributed by atoms with van der Waals surface area (Å²) in [5.41, 5.74) is 0.921. The number of ether oxygens (including phenoxy) is 1. The van der Waals surface area contributed by atoms with Gasteiger partial charge in [-0.1, -0.05) is 0 Å². The van der Waals surface area contributed by atoms with Gasteiger partial charge in [0.2, 0.25) is 0 Å². The van der Waals surface area contributed by atoms with Gasteiger partial charge in [0.25, 0.3) is 0 Å². The standard InChI is InChI=1S/C10H8BrN3O/c1-15-9-3-2-7(4-8(9)11)10-13-5-12-6-14-10/h2-6H,1H3. The summed E-state index contributed by atoms with van der Waals surface area (Å²) in [7, 11) is 1.63. The molecule has 2 aromatic rings. The van der Waals surface area contributed by atoms with Crippen molar-refractivity contribution in [3.63, 3.8) is 0 Å². The minimum atomic E-state index is 0.647. The van der Waals surface area contributed by atoms with Gasteiger partial charge in [0, 0.05) is 5.56 Å². The molecule has 0 aliphatic carbocycles. The highest BCUT2D eigenvalue weighted by atomic mass is 79.9. The van der Waals surface area contributed by atoms with Crippen LogP contribution in [0.5, 0.6) is 5.75 Å². The second kappa shape index (κ2) is 4.35. The molecule has 0 amide bonds. The molecule has 0 atom stereocenters. The Labute approximate surface area is 95.5 Å². The number of hydrogen-bond donors (Lipinski definition) is 0. The lowest BCUT2D eigenvalue weighted by Gasteiger charge is -2.04. The van der Waals surface area contributed by atoms with Crippen LogP contribution in [0.3, 0.4) is 0 Å². The zero-order valence-electron chi connectivity index (χ0n) is 8.01. The van der Waals surface area contributed by atoms with E-state index < -0.39 is 0 Å².